The highest BCUT2D eigenvalue weighted by Crippen LogP contribution is 2.22. The summed E-state index contributed by atoms with van der Waals surface area (Å²) < 4.78 is 0. The van der Waals surface area contributed by atoms with Crippen molar-refractivity contribution < 1.29 is 4.79 Å². The van der Waals surface area contributed by atoms with Gasteiger partial charge in [-0.15, -0.1) is 0 Å². The van der Waals surface area contributed by atoms with E-state index >= 15 is 0 Å². The minimum absolute atomic E-state index is 0.268. The van der Waals surface area contributed by atoms with Crippen LogP contribution in [0.15, 0.2) is 0 Å². The Morgan fingerprint density at radius 1 is 0.704 bits per heavy atom. The average Bonchev–Trinajstić information content (AvgIpc) is 2.62. The zero-order valence-electron chi connectivity index (χ0n) is 19.7. The quantitative estimate of drug-likeness (QED) is 0.233. The van der Waals surface area contributed by atoms with Crippen LogP contribution in [0.1, 0.15) is 138 Å². The Morgan fingerprint density at radius 3 is 1.56 bits per heavy atom. The second-order valence-electron chi connectivity index (χ2n) is 9.63. The summed E-state index contributed by atoms with van der Waals surface area (Å²) in [4.78, 5) is 15.1. The molecule has 162 valence electrons. The molecule has 27 heavy (non-hydrogen) atoms. The smallest absolute Gasteiger partial charge is 0.228 e. The van der Waals surface area contributed by atoms with Gasteiger partial charge in [0.25, 0.3) is 0 Å². The molecule has 0 rings (SSSR count). The topological polar surface area (TPSA) is 20.3 Å². The third-order valence-corrected chi connectivity index (χ3v) is 5.66. The van der Waals surface area contributed by atoms with Gasteiger partial charge in [-0.05, 0) is 19.8 Å². The Kier molecular flexibility index (Phi) is 16.1. The Labute approximate surface area is 171 Å². The molecule has 2 nitrogen and oxygen atoms in total. The Hall–Kier alpha value is -0.530. The van der Waals surface area contributed by atoms with Gasteiger partial charge in [-0.3, -0.25) is 4.79 Å². The van der Waals surface area contributed by atoms with Gasteiger partial charge in [-0.1, -0.05) is 118 Å². The van der Waals surface area contributed by atoms with Crippen LogP contribution >= 0.6 is 0 Å². The second kappa shape index (κ2) is 16.4. The molecule has 1 atom stereocenters. The standard InChI is InChI=1S/C25H51NO/c1-7-9-11-13-14-15-16-17-18-20-22-26(24(27)25(4,5)6)23(3)21-19-12-10-8-2/h23H,7-22H2,1-6H3. The van der Waals surface area contributed by atoms with Crippen LogP contribution in [0.3, 0.4) is 0 Å². The number of amides is 1. The van der Waals surface area contributed by atoms with E-state index in [1.54, 1.807) is 0 Å². The van der Waals surface area contributed by atoms with Gasteiger partial charge in [0.05, 0.1) is 0 Å². The van der Waals surface area contributed by atoms with Crippen LogP contribution in [0.25, 0.3) is 0 Å². The predicted molar refractivity (Wildman–Crippen MR) is 121 cm³/mol. The lowest BCUT2D eigenvalue weighted by molar-refractivity contribution is -0.141. The van der Waals surface area contributed by atoms with Crippen molar-refractivity contribution in [1.29, 1.82) is 0 Å². The molecule has 0 saturated heterocycles. The molecule has 0 aliphatic carbocycles. The molecule has 0 aromatic rings. The lowest BCUT2D eigenvalue weighted by atomic mass is 9.93. The van der Waals surface area contributed by atoms with Crippen molar-refractivity contribution in [3.63, 3.8) is 0 Å². The number of hydrogen-bond donors (Lipinski definition) is 0. The number of carbonyl (C=O) groups excluding carboxylic acids is 1. The number of rotatable bonds is 17. The van der Waals surface area contributed by atoms with Crippen molar-refractivity contribution in [2.45, 2.75) is 144 Å². The first-order chi connectivity index (χ1) is 12.8. The van der Waals surface area contributed by atoms with E-state index in [2.05, 4.69) is 46.4 Å². The first-order valence-electron chi connectivity index (χ1n) is 12.2. The molecule has 0 aromatic heterocycles. The maximum atomic E-state index is 12.9. The molecular weight excluding hydrogens is 330 g/mol. The SMILES string of the molecule is CCCCCCCCCCCCN(C(=O)C(C)(C)C)C(C)CCCCCC. The van der Waals surface area contributed by atoms with Crippen LogP contribution in [-0.2, 0) is 4.79 Å². The summed E-state index contributed by atoms with van der Waals surface area (Å²) in [5.74, 6) is 0.335. The second-order valence-corrected chi connectivity index (χ2v) is 9.63. The summed E-state index contributed by atoms with van der Waals surface area (Å²) in [7, 11) is 0. The minimum atomic E-state index is -0.268. The van der Waals surface area contributed by atoms with Gasteiger partial charge in [0, 0.05) is 18.0 Å². The van der Waals surface area contributed by atoms with E-state index in [4.69, 9.17) is 0 Å². The summed E-state index contributed by atoms with van der Waals surface area (Å²) >= 11 is 0. The number of carbonyl (C=O) groups is 1. The van der Waals surface area contributed by atoms with Crippen LogP contribution in [-0.4, -0.2) is 23.4 Å². The van der Waals surface area contributed by atoms with Crippen molar-refractivity contribution in [2.24, 2.45) is 5.41 Å². The van der Waals surface area contributed by atoms with E-state index in [0.717, 1.165) is 19.4 Å². The number of hydrogen-bond acceptors (Lipinski definition) is 1. The van der Waals surface area contributed by atoms with Crippen molar-refractivity contribution in [3.05, 3.63) is 0 Å². The molecule has 0 saturated carbocycles. The van der Waals surface area contributed by atoms with Crippen LogP contribution in [0.4, 0.5) is 0 Å². The minimum Gasteiger partial charge on any atom is -0.340 e. The van der Waals surface area contributed by atoms with Gasteiger partial charge >= 0.3 is 0 Å². The maximum Gasteiger partial charge on any atom is 0.228 e. The molecule has 0 fully saturated rings. The monoisotopic (exact) mass is 381 g/mol. The first-order valence-corrected chi connectivity index (χ1v) is 12.2. The van der Waals surface area contributed by atoms with Crippen LogP contribution in [0.2, 0.25) is 0 Å². The molecule has 0 spiro atoms. The fourth-order valence-electron chi connectivity index (χ4n) is 3.74. The van der Waals surface area contributed by atoms with Crippen LogP contribution in [0, 0.1) is 5.41 Å². The molecule has 2 heteroatoms. The highest BCUT2D eigenvalue weighted by atomic mass is 16.2. The van der Waals surface area contributed by atoms with Crippen LogP contribution in [0.5, 0.6) is 0 Å². The Bertz CT molecular complexity index is 345. The van der Waals surface area contributed by atoms with Gasteiger partial charge in [-0.2, -0.15) is 0 Å². The number of unbranched alkanes of at least 4 members (excludes halogenated alkanes) is 12. The van der Waals surface area contributed by atoms with E-state index in [9.17, 15) is 4.79 Å². The van der Waals surface area contributed by atoms with Gasteiger partial charge in [0.1, 0.15) is 0 Å². The summed E-state index contributed by atoms with van der Waals surface area (Å²) in [5, 5.41) is 0. The van der Waals surface area contributed by atoms with Crippen molar-refractivity contribution >= 4 is 5.91 Å². The molecule has 0 heterocycles. The molecule has 1 unspecified atom stereocenters. The summed E-state index contributed by atoms with van der Waals surface area (Å²) in [6, 6.07) is 0.382. The van der Waals surface area contributed by atoms with Gasteiger partial charge in [-0.25, -0.2) is 0 Å². The normalized spacial score (nSPS) is 13.0. The lowest BCUT2D eigenvalue weighted by Crippen LogP contribution is -2.45. The van der Waals surface area contributed by atoms with Crippen LogP contribution < -0.4 is 0 Å². The summed E-state index contributed by atoms with van der Waals surface area (Å²) in [6.07, 6.45) is 19.8. The van der Waals surface area contributed by atoms with Crippen molar-refractivity contribution in [2.75, 3.05) is 6.54 Å². The summed E-state index contributed by atoms with van der Waals surface area (Å²) in [5.41, 5.74) is -0.268. The fourth-order valence-corrected chi connectivity index (χ4v) is 3.74. The van der Waals surface area contributed by atoms with Gasteiger partial charge in [0.2, 0.25) is 5.91 Å². The summed E-state index contributed by atoms with van der Waals surface area (Å²) in [6.45, 7) is 13.9. The number of nitrogens with zero attached hydrogens (tertiary/aromatic N) is 1. The van der Waals surface area contributed by atoms with E-state index in [1.165, 1.54) is 83.5 Å². The van der Waals surface area contributed by atoms with Gasteiger partial charge in [0.15, 0.2) is 0 Å². The maximum absolute atomic E-state index is 12.9. The van der Waals surface area contributed by atoms with Crippen molar-refractivity contribution in [1.82, 2.24) is 4.90 Å². The first kappa shape index (κ1) is 26.5. The third kappa shape index (κ3) is 14.2. The highest BCUT2D eigenvalue weighted by molar-refractivity contribution is 5.81. The fraction of sp³-hybridized carbons (Fsp3) is 0.960. The molecule has 0 aliphatic heterocycles. The van der Waals surface area contributed by atoms with Crippen molar-refractivity contribution in [3.8, 4) is 0 Å². The van der Waals surface area contributed by atoms with E-state index in [0.29, 0.717) is 11.9 Å². The van der Waals surface area contributed by atoms with Gasteiger partial charge < -0.3 is 4.90 Å². The zero-order valence-corrected chi connectivity index (χ0v) is 19.7. The molecule has 0 radical (unpaired) electrons. The third-order valence-electron chi connectivity index (χ3n) is 5.66. The lowest BCUT2D eigenvalue weighted by Gasteiger charge is -2.34. The Balaban J connectivity index is 4.12. The molecule has 0 aliphatic rings. The molecule has 0 aromatic carbocycles. The molecule has 1 amide bonds. The molecule has 0 bridgehead atoms. The zero-order chi connectivity index (χ0) is 20.5. The van der Waals surface area contributed by atoms with E-state index in [-0.39, 0.29) is 5.41 Å². The molecular formula is C25H51NO. The largest absolute Gasteiger partial charge is 0.340 e. The molecule has 0 N–H and O–H groups in total. The predicted octanol–water partition coefficient (Wildman–Crippen LogP) is 8.14. The average molecular weight is 382 g/mol. The van der Waals surface area contributed by atoms with E-state index < -0.39 is 0 Å². The van der Waals surface area contributed by atoms with E-state index in [1.807, 2.05) is 0 Å². The Morgan fingerprint density at radius 2 is 1.11 bits per heavy atom. The highest BCUT2D eigenvalue weighted by Gasteiger charge is 2.29.